The van der Waals surface area contributed by atoms with Gasteiger partial charge in [0.25, 0.3) is 11.6 Å². The molecule has 1 atom stereocenters. The average Bonchev–Trinajstić information content (AvgIpc) is 3.29. The number of hydrogen-bond donors (Lipinski definition) is 1. The predicted octanol–water partition coefficient (Wildman–Crippen LogP) is 3.61. The molecule has 8 heteroatoms. The monoisotopic (exact) mass is 419 g/mol. The number of ether oxygens (including phenoxy) is 1. The van der Waals surface area contributed by atoms with Gasteiger partial charge in [0.15, 0.2) is 0 Å². The van der Waals surface area contributed by atoms with Crippen LogP contribution in [0.2, 0.25) is 0 Å². The van der Waals surface area contributed by atoms with Gasteiger partial charge in [-0.1, -0.05) is 5.16 Å². The van der Waals surface area contributed by atoms with Crippen molar-refractivity contribution >= 4 is 17.0 Å². The molecular weight excluding hydrogens is 394 g/mol. The SMILES string of the molecule is COc1ccc(-c2noc3nc(C)cc(C(=O)NC(C)Cc4cn(C)nc4C)c23)cc1. The second-order valence-corrected chi connectivity index (χ2v) is 7.74. The summed E-state index contributed by atoms with van der Waals surface area (Å²) in [7, 11) is 3.51. The Bertz CT molecular complexity index is 1240. The van der Waals surface area contributed by atoms with Gasteiger partial charge in [0.05, 0.1) is 23.8 Å². The number of aromatic nitrogens is 4. The molecule has 1 amide bonds. The second kappa shape index (κ2) is 8.22. The zero-order chi connectivity index (χ0) is 22.1. The molecule has 8 nitrogen and oxygen atoms in total. The molecule has 3 aromatic heterocycles. The number of carbonyl (C=O) groups excluding carboxylic acids is 1. The van der Waals surface area contributed by atoms with Gasteiger partial charge in [-0.2, -0.15) is 5.10 Å². The third-order valence-corrected chi connectivity index (χ3v) is 5.20. The van der Waals surface area contributed by atoms with E-state index in [-0.39, 0.29) is 11.9 Å². The Morgan fingerprint density at radius 1 is 1.26 bits per heavy atom. The Balaban J connectivity index is 1.66. The van der Waals surface area contributed by atoms with Crippen molar-refractivity contribution in [1.82, 2.24) is 25.2 Å². The highest BCUT2D eigenvalue weighted by atomic mass is 16.5. The maximum atomic E-state index is 13.2. The lowest BCUT2D eigenvalue weighted by Gasteiger charge is -2.14. The zero-order valence-electron chi connectivity index (χ0n) is 18.3. The molecule has 4 rings (SSSR count). The van der Waals surface area contributed by atoms with Crippen LogP contribution in [0, 0.1) is 13.8 Å². The van der Waals surface area contributed by atoms with Crippen molar-refractivity contribution in [2.24, 2.45) is 7.05 Å². The van der Waals surface area contributed by atoms with Crippen molar-refractivity contribution < 1.29 is 14.1 Å². The summed E-state index contributed by atoms with van der Waals surface area (Å²) in [6.45, 7) is 5.78. The number of nitrogens with zero attached hydrogens (tertiary/aromatic N) is 4. The maximum absolute atomic E-state index is 13.2. The van der Waals surface area contributed by atoms with Crippen LogP contribution in [0.4, 0.5) is 0 Å². The van der Waals surface area contributed by atoms with E-state index in [2.05, 4.69) is 20.6 Å². The number of hydrogen-bond acceptors (Lipinski definition) is 6. The lowest BCUT2D eigenvalue weighted by Crippen LogP contribution is -2.34. The van der Waals surface area contributed by atoms with Crippen LogP contribution < -0.4 is 10.1 Å². The van der Waals surface area contributed by atoms with Gasteiger partial charge in [0, 0.05) is 30.5 Å². The number of nitrogens with one attached hydrogen (secondary N) is 1. The van der Waals surface area contributed by atoms with Crippen molar-refractivity contribution in [3.8, 4) is 17.0 Å². The van der Waals surface area contributed by atoms with E-state index >= 15 is 0 Å². The van der Waals surface area contributed by atoms with Crippen LogP contribution in [-0.2, 0) is 13.5 Å². The van der Waals surface area contributed by atoms with Gasteiger partial charge in [-0.3, -0.25) is 9.48 Å². The largest absolute Gasteiger partial charge is 0.497 e. The fourth-order valence-corrected chi connectivity index (χ4v) is 3.73. The molecule has 0 bridgehead atoms. The van der Waals surface area contributed by atoms with Gasteiger partial charge in [0.2, 0.25) is 0 Å². The summed E-state index contributed by atoms with van der Waals surface area (Å²) in [5.41, 5.74) is 4.98. The topological polar surface area (TPSA) is 95.1 Å². The molecule has 0 saturated carbocycles. The Morgan fingerprint density at radius 2 is 2.00 bits per heavy atom. The Hall–Kier alpha value is -3.68. The molecule has 0 fully saturated rings. The van der Waals surface area contributed by atoms with Gasteiger partial charge < -0.3 is 14.6 Å². The maximum Gasteiger partial charge on any atom is 0.259 e. The molecule has 3 heterocycles. The van der Waals surface area contributed by atoms with Crippen molar-refractivity contribution in [1.29, 1.82) is 0 Å². The van der Waals surface area contributed by atoms with Gasteiger partial charge in [0.1, 0.15) is 11.4 Å². The first-order valence-electron chi connectivity index (χ1n) is 10.1. The molecule has 31 heavy (non-hydrogen) atoms. The summed E-state index contributed by atoms with van der Waals surface area (Å²) < 4.78 is 12.5. The van der Waals surface area contributed by atoms with Crippen LogP contribution in [0.25, 0.3) is 22.4 Å². The van der Waals surface area contributed by atoms with Gasteiger partial charge in [-0.05, 0) is 63.1 Å². The van der Waals surface area contributed by atoms with E-state index in [0.29, 0.717) is 34.5 Å². The Morgan fingerprint density at radius 3 is 2.65 bits per heavy atom. The number of carbonyl (C=O) groups is 1. The van der Waals surface area contributed by atoms with E-state index in [1.165, 1.54) is 0 Å². The van der Waals surface area contributed by atoms with Crippen LogP contribution >= 0.6 is 0 Å². The number of amides is 1. The van der Waals surface area contributed by atoms with E-state index < -0.39 is 0 Å². The molecule has 0 radical (unpaired) electrons. The number of fused-ring (bicyclic) bond motifs is 1. The van der Waals surface area contributed by atoms with Crippen LogP contribution in [0.1, 0.15) is 34.2 Å². The number of aryl methyl sites for hydroxylation is 3. The molecule has 0 saturated heterocycles. The normalized spacial score (nSPS) is 12.2. The molecule has 0 aliphatic rings. The second-order valence-electron chi connectivity index (χ2n) is 7.74. The molecular formula is C23H25N5O3. The van der Waals surface area contributed by atoms with E-state index in [4.69, 9.17) is 9.26 Å². The lowest BCUT2D eigenvalue weighted by atomic mass is 10.0. The average molecular weight is 419 g/mol. The molecule has 1 unspecified atom stereocenters. The van der Waals surface area contributed by atoms with Crippen molar-refractivity contribution in [2.75, 3.05) is 7.11 Å². The molecule has 1 N–H and O–H groups in total. The summed E-state index contributed by atoms with van der Waals surface area (Å²) in [5, 5.41) is 12.3. The van der Waals surface area contributed by atoms with Crippen LogP contribution in [0.15, 0.2) is 41.1 Å². The summed E-state index contributed by atoms with van der Waals surface area (Å²) >= 11 is 0. The van der Waals surface area contributed by atoms with Gasteiger partial charge in [-0.15, -0.1) is 0 Å². The molecule has 0 aliphatic heterocycles. The first kappa shape index (κ1) is 20.6. The Kier molecular flexibility index (Phi) is 5.46. The number of rotatable bonds is 6. The highest BCUT2D eigenvalue weighted by molar-refractivity contribution is 6.09. The van der Waals surface area contributed by atoms with Crippen LogP contribution in [-0.4, -0.2) is 39.0 Å². The minimum Gasteiger partial charge on any atom is -0.497 e. The van der Waals surface area contributed by atoms with Crippen molar-refractivity contribution in [3.63, 3.8) is 0 Å². The third kappa shape index (κ3) is 4.14. The molecule has 160 valence electrons. The standard InChI is InChI=1S/C23H25N5O3/c1-13(10-17-12-28(4)26-15(17)3)24-22(29)19-11-14(2)25-23-20(19)21(27-31-23)16-6-8-18(30-5)9-7-16/h6-9,11-13H,10H2,1-5H3,(H,24,29). The predicted molar refractivity (Wildman–Crippen MR) is 117 cm³/mol. The summed E-state index contributed by atoms with van der Waals surface area (Å²) in [6.07, 6.45) is 2.67. The third-order valence-electron chi connectivity index (χ3n) is 5.20. The summed E-state index contributed by atoms with van der Waals surface area (Å²) in [4.78, 5) is 17.6. The van der Waals surface area contributed by atoms with E-state index in [9.17, 15) is 4.79 Å². The quantitative estimate of drug-likeness (QED) is 0.513. The van der Waals surface area contributed by atoms with E-state index in [1.54, 1.807) is 17.9 Å². The first-order chi connectivity index (χ1) is 14.9. The fraction of sp³-hybridized carbons (Fsp3) is 0.304. The number of methoxy groups -OCH3 is 1. The molecule has 0 spiro atoms. The van der Waals surface area contributed by atoms with Gasteiger partial charge in [-0.25, -0.2) is 4.98 Å². The van der Waals surface area contributed by atoms with Crippen LogP contribution in [0.3, 0.4) is 0 Å². The van der Waals surface area contributed by atoms with Gasteiger partial charge >= 0.3 is 0 Å². The zero-order valence-corrected chi connectivity index (χ0v) is 18.3. The molecule has 0 aliphatic carbocycles. The summed E-state index contributed by atoms with van der Waals surface area (Å²) in [6, 6.07) is 9.13. The van der Waals surface area contributed by atoms with E-state index in [0.717, 1.165) is 22.6 Å². The Labute approximate surface area is 180 Å². The highest BCUT2D eigenvalue weighted by Gasteiger charge is 2.22. The number of benzene rings is 1. The smallest absolute Gasteiger partial charge is 0.259 e. The number of pyridine rings is 1. The van der Waals surface area contributed by atoms with E-state index in [1.807, 2.05) is 58.3 Å². The minimum atomic E-state index is -0.192. The minimum absolute atomic E-state index is 0.0804. The van der Waals surface area contributed by atoms with Crippen molar-refractivity contribution in [2.45, 2.75) is 33.2 Å². The lowest BCUT2D eigenvalue weighted by molar-refractivity contribution is 0.0941. The molecule has 1 aromatic carbocycles. The van der Waals surface area contributed by atoms with Crippen LogP contribution in [0.5, 0.6) is 5.75 Å². The first-order valence-corrected chi connectivity index (χ1v) is 10.1. The molecule has 4 aromatic rings. The fourth-order valence-electron chi connectivity index (χ4n) is 3.73. The van der Waals surface area contributed by atoms with Crippen molar-refractivity contribution in [3.05, 3.63) is 59.0 Å². The summed E-state index contributed by atoms with van der Waals surface area (Å²) in [5.74, 6) is 0.547. The highest BCUT2D eigenvalue weighted by Crippen LogP contribution is 2.31.